The molecule has 0 aliphatic carbocycles. The molecular formula is C11H20N2OS. The summed E-state index contributed by atoms with van der Waals surface area (Å²) in [6, 6.07) is -0.405. The van der Waals surface area contributed by atoms with Gasteiger partial charge in [0.15, 0.2) is 0 Å². The third kappa shape index (κ3) is 5.64. The van der Waals surface area contributed by atoms with Gasteiger partial charge in [0.1, 0.15) is 0 Å². The zero-order valence-electron chi connectivity index (χ0n) is 9.32. The zero-order valence-corrected chi connectivity index (χ0v) is 10.1. The van der Waals surface area contributed by atoms with Gasteiger partial charge in [-0.15, -0.1) is 13.2 Å². The molecule has 0 fully saturated rings. The summed E-state index contributed by atoms with van der Waals surface area (Å²) < 4.78 is 0. The summed E-state index contributed by atoms with van der Waals surface area (Å²) in [6.07, 6.45) is 6.11. The molecule has 2 N–H and O–H groups in total. The summed E-state index contributed by atoms with van der Waals surface area (Å²) in [5, 5.41) is 0. The molecule has 1 amide bonds. The van der Waals surface area contributed by atoms with Crippen molar-refractivity contribution in [3.63, 3.8) is 0 Å². The minimum absolute atomic E-state index is 0.0242. The van der Waals surface area contributed by atoms with E-state index in [0.717, 1.165) is 5.75 Å². The van der Waals surface area contributed by atoms with Crippen molar-refractivity contribution in [1.29, 1.82) is 0 Å². The highest BCUT2D eigenvalue weighted by Crippen LogP contribution is 2.02. The third-order valence-corrected chi connectivity index (χ3v) is 2.60. The molecule has 0 bridgehead atoms. The van der Waals surface area contributed by atoms with Gasteiger partial charge in [-0.05, 0) is 18.4 Å². The van der Waals surface area contributed by atoms with Crippen molar-refractivity contribution in [1.82, 2.24) is 4.90 Å². The lowest BCUT2D eigenvalue weighted by molar-refractivity contribution is -0.131. The molecule has 0 unspecified atom stereocenters. The number of rotatable bonds is 8. The van der Waals surface area contributed by atoms with Gasteiger partial charge in [-0.1, -0.05) is 12.2 Å². The number of carbonyl (C=O) groups excluding carboxylic acids is 1. The van der Waals surface area contributed by atoms with E-state index in [1.165, 1.54) is 0 Å². The second kappa shape index (κ2) is 8.56. The van der Waals surface area contributed by atoms with E-state index < -0.39 is 6.04 Å². The lowest BCUT2D eigenvalue weighted by atomic mass is 10.2. The van der Waals surface area contributed by atoms with Crippen LogP contribution >= 0.6 is 11.8 Å². The summed E-state index contributed by atoms with van der Waals surface area (Å²) >= 11 is 1.69. The maximum absolute atomic E-state index is 11.8. The first kappa shape index (κ1) is 14.3. The van der Waals surface area contributed by atoms with Gasteiger partial charge in [0, 0.05) is 13.1 Å². The quantitative estimate of drug-likeness (QED) is 0.636. The average Bonchev–Trinajstić information content (AvgIpc) is 2.24. The Kier molecular flexibility index (Phi) is 8.14. The number of hydrogen-bond donors (Lipinski definition) is 1. The summed E-state index contributed by atoms with van der Waals surface area (Å²) in [4.78, 5) is 13.5. The SMILES string of the molecule is C=CCN(CC=C)C(=O)[C@@H](N)CCSC. The van der Waals surface area contributed by atoms with Gasteiger partial charge in [0.05, 0.1) is 6.04 Å². The Morgan fingerprint density at radius 2 is 2.00 bits per heavy atom. The molecule has 0 aromatic rings. The Labute approximate surface area is 96.4 Å². The fraction of sp³-hybridized carbons (Fsp3) is 0.545. The molecule has 4 heteroatoms. The van der Waals surface area contributed by atoms with E-state index in [1.54, 1.807) is 28.8 Å². The van der Waals surface area contributed by atoms with Crippen LogP contribution in [0.1, 0.15) is 6.42 Å². The maximum Gasteiger partial charge on any atom is 0.240 e. The molecule has 0 heterocycles. The molecule has 15 heavy (non-hydrogen) atoms. The van der Waals surface area contributed by atoms with Crippen LogP contribution in [0.15, 0.2) is 25.3 Å². The summed E-state index contributed by atoms with van der Waals surface area (Å²) in [5.41, 5.74) is 5.79. The molecule has 0 spiro atoms. The normalized spacial score (nSPS) is 11.9. The molecule has 86 valence electrons. The summed E-state index contributed by atoms with van der Waals surface area (Å²) in [6.45, 7) is 8.28. The Balaban J connectivity index is 4.20. The van der Waals surface area contributed by atoms with E-state index in [-0.39, 0.29) is 5.91 Å². The van der Waals surface area contributed by atoms with Crippen LogP contribution in [0.4, 0.5) is 0 Å². The van der Waals surface area contributed by atoms with Crippen molar-refractivity contribution in [3.05, 3.63) is 25.3 Å². The maximum atomic E-state index is 11.8. The number of nitrogens with zero attached hydrogens (tertiary/aromatic N) is 1. The monoisotopic (exact) mass is 228 g/mol. The number of nitrogens with two attached hydrogens (primary N) is 1. The molecule has 1 atom stereocenters. The minimum Gasteiger partial charge on any atom is -0.334 e. The topological polar surface area (TPSA) is 46.3 Å². The molecular weight excluding hydrogens is 208 g/mol. The van der Waals surface area contributed by atoms with Crippen molar-refractivity contribution >= 4 is 17.7 Å². The zero-order chi connectivity index (χ0) is 11.7. The van der Waals surface area contributed by atoms with Gasteiger partial charge in [0.2, 0.25) is 5.91 Å². The molecule has 3 nitrogen and oxygen atoms in total. The van der Waals surface area contributed by atoms with E-state index in [0.29, 0.717) is 19.5 Å². The first-order chi connectivity index (χ1) is 7.17. The minimum atomic E-state index is -0.405. The molecule has 0 saturated carbocycles. The van der Waals surface area contributed by atoms with E-state index in [9.17, 15) is 4.79 Å². The highest BCUT2D eigenvalue weighted by molar-refractivity contribution is 7.98. The predicted molar refractivity (Wildman–Crippen MR) is 67.9 cm³/mol. The second-order valence-electron chi connectivity index (χ2n) is 3.21. The number of thioether (sulfide) groups is 1. The van der Waals surface area contributed by atoms with Crippen molar-refractivity contribution in [2.24, 2.45) is 5.73 Å². The lowest BCUT2D eigenvalue weighted by Crippen LogP contribution is -2.44. The molecule has 0 rings (SSSR count). The van der Waals surface area contributed by atoms with Crippen LogP contribution in [-0.4, -0.2) is 41.9 Å². The fourth-order valence-corrected chi connectivity index (χ4v) is 1.66. The van der Waals surface area contributed by atoms with Crippen LogP contribution in [-0.2, 0) is 4.79 Å². The number of hydrogen-bond acceptors (Lipinski definition) is 3. The summed E-state index contributed by atoms with van der Waals surface area (Å²) in [7, 11) is 0. The Morgan fingerprint density at radius 1 is 1.47 bits per heavy atom. The van der Waals surface area contributed by atoms with Crippen molar-refractivity contribution in [2.75, 3.05) is 25.1 Å². The van der Waals surface area contributed by atoms with Crippen molar-refractivity contribution in [3.8, 4) is 0 Å². The molecule has 0 aromatic carbocycles. The molecule has 0 aromatic heterocycles. The van der Waals surface area contributed by atoms with Gasteiger partial charge < -0.3 is 10.6 Å². The summed E-state index contributed by atoms with van der Waals surface area (Å²) in [5.74, 6) is 0.881. The van der Waals surface area contributed by atoms with Crippen molar-refractivity contribution in [2.45, 2.75) is 12.5 Å². The predicted octanol–water partition coefficient (Wildman–Crippen LogP) is 1.27. The van der Waals surface area contributed by atoms with Crippen LogP contribution in [0.25, 0.3) is 0 Å². The van der Waals surface area contributed by atoms with Crippen LogP contribution < -0.4 is 5.73 Å². The van der Waals surface area contributed by atoms with Gasteiger partial charge in [0.25, 0.3) is 0 Å². The standard InChI is InChI=1S/C11H20N2OS/c1-4-7-13(8-5-2)11(14)10(12)6-9-15-3/h4-5,10H,1-2,6-9,12H2,3H3/t10-/m0/s1. The smallest absolute Gasteiger partial charge is 0.240 e. The lowest BCUT2D eigenvalue weighted by Gasteiger charge is -2.22. The van der Waals surface area contributed by atoms with Gasteiger partial charge in [-0.2, -0.15) is 11.8 Å². The number of amides is 1. The highest BCUT2D eigenvalue weighted by Gasteiger charge is 2.18. The first-order valence-electron chi connectivity index (χ1n) is 4.92. The highest BCUT2D eigenvalue weighted by atomic mass is 32.2. The van der Waals surface area contributed by atoms with Crippen LogP contribution in [0.2, 0.25) is 0 Å². The van der Waals surface area contributed by atoms with E-state index in [4.69, 9.17) is 5.73 Å². The van der Waals surface area contributed by atoms with Crippen LogP contribution in [0, 0.1) is 0 Å². The largest absolute Gasteiger partial charge is 0.334 e. The first-order valence-corrected chi connectivity index (χ1v) is 6.31. The Hall–Kier alpha value is -0.740. The van der Waals surface area contributed by atoms with Gasteiger partial charge >= 0.3 is 0 Å². The van der Waals surface area contributed by atoms with Crippen LogP contribution in [0.5, 0.6) is 0 Å². The van der Waals surface area contributed by atoms with E-state index in [1.807, 2.05) is 6.26 Å². The van der Waals surface area contributed by atoms with Crippen molar-refractivity contribution < 1.29 is 4.79 Å². The van der Waals surface area contributed by atoms with E-state index in [2.05, 4.69) is 13.2 Å². The molecule has 0 aliphatic heterocycles. The van der Waals surface area contributed by atoms with Gasteiger partial charge in [-0.3, -0.25) is 4.79 Å². The Morgan fingerprint density at radius 3 is 2.40 bits per heavy atom. The fourth-order valence-electron chi connectivity index (χ4n) is 1.17. The Bertz CT molecular complexity index is 209. The molecule has 0 aliphatic rings. The van der Waals surface area contributed by atoms with Crippen LogP contribution in [0.3, 0.4) is 0 Å². The average molecular weight is 228 g/mol. The third-order valence-electron chi connectivity index (χ3n) is 1.96. The van der Waals surface area contributed by atoms with Gasteiger partial charge in [-0.25, -0.2) is 0 Å². The van der Waals surface area contributed by atoms with E-state index >= 15 is 0 Å². The molecule has 0 saturated heterocycles. The second-order valence-corrected chi connectivity index (χ2v) is 4.19. The molecule has 0 radical (unpaired) electrons. The number of carbonyl (C=O) groups is 1.